The molecule has 0 radical (unpaired) electrons. The van der Waals surface area contributed by atoms with Crippen molar-refractivity contribution < 1.29 is 8.42 Å². The van der Waals surface area contributed by atoms with Gasteiger partial charge in [-0.05, 0) is 31.0 Å². The average molecular weight is 185 g/mol. The van der Waals surface area contributed by atoms with Gasteiger partial charge in [0.1, 0.15) is 0 Å². The topological polar surface area (TPSA) is 60.2 Å². The standard InChI is InChI=1S/C8H11NO2S/c1-6-4-3-5-8(7(6)2)12(9,10)11/h3-5H,1-2H3,(H2,9,10,11). The molecule has 1 rings (SSSR count). The molecule has 0 unspecified atom stereocenters. The first kappa shape index (κ1) is 9.22. The molecule has 12 heavy (non-hydrogen) atoms. The van der Waals surface area contributed by atoms with Gasteiger partial charge in [-0.3, -0.25) is 0 Å². The zero-order chi connectivity index (χ0) is 9.35. The number of aryl methyl sites for hydroxylation is 1. The predicted molar refractivity (Wildman–Crippen MR) is 47.3 cm³/mol. The summed E-state index contributed by atoms with van der Waals surface area (Å²) in [4.78, 5) is 0.211. The highest BCUT2D eigenvalue weighted by Crippen LogP contribution is 2.15. The minimum Gasteiger partial charge on any atom is -0.225 e. The van der Waals surface area contributed by atoms with E-state index in [1.807, 2.05) is 13.0 Å². The molecule has 0 amide bonds. The highest BCUT2D eigenvalue weighted by Gasteiger charge is 2.11. The van der Waals surface area contributed by atoms with Crippen LogP contribution in [0.5, 0.6) is 0 Å². The molecule has 0 spiro atoms. The Bertz CT molecular complexity index is 396. The van der Waals surface area contributed by atoms with Crippen molar-refractivity contribution in [2.45, 2.75) is 18.7 Å². The maximum atomic E-state index is 11.0. The molecule has 0 saturated heterocycles. The third-order valence-electron chi connectivity index (χ3n) is 1.86. The summed E-state index contributed by atoms with van der Waals surface area (Å²) in [5, 5.41) is 5.00. The first-order valence-electron chi connectivity index (χ1n) is 3.52. The molecule has 0 heterocycles. The third kappa shape index (κ3) is 1.65. The molecule has 0 aliphatic carbocycles. The lowest BCUT2D eigenvalue weighted by atomic mass is 10.1. The van der Waals surface area contributed by atoms with Gasteiger partial charge in [-0.2, -0.15) is 0 Å². The number of hydrogen-bond acceptors (Lipinski definition) is 2. The normalized spacial score (nSPS) is 11.6. The molecule has 66 valence electrons. The molecule has 0 bridgehead atoms. The lowest BCUT2D eigenvalue weighted by Gasteiger charge is -2.04. The van der Waals surface area contributed by atoms with Gasteiger partial charge in [0.15, 0.2) is 0 Å². The van der Waals surface area contributed by atoms with Crippen molar-refractivity contribution in [3.05, 3.63) is 29.3 Å². The van der Waals surface area contributed by atoms with Crippen LogP contribution >= 0.6 is 0 Å². The first-order chi connectivity index (χ1) is 5.43. The van der Waals surface area contributed by atoms with E-state index in [1.54, 1.807) is 13.0 Å². The van der Waals surface area contributed by atoms with Crippen molar-refractivity contribution in [1.29, 1.82) is 0 Å². The fraction of sp³-hybridized carbons (Fsp3) is 0.250. The van der Waals surface area contributed by atoms with Gasteiger partial charge in [-0.1, -0.05) is 12.1 Å². The van der Waals surface area contributed by atoms with Gasteiger partial charge in [0, 0.05) is 0 Å². The number of primary sulfonamides is 1. The van der Waals surface area contributed by atoms with Gasteiger partial charge in [0.25, 0.3) is 0 Å². The van der Waals surface area contributed by atoms with E-state index in [2.05, 4.69) is 0 Å². The monoisotopic (exact) mass is 185 g/mol. The quantitative estimate of drug-likeness (QED) is 0.708. The zero-order valence-corrected chi connectivity index (χ0v) is 7.85. The molecule has 1 aromatic carbocycles. The smallest absolute Gasteiger partial charge is 0.225 e. The molecular formula is C8H11NO2S. The molecule has 0 aliphatic rings. The maximum absolute atomic E-state index is 11.0. The third-order valence-corrected chi connectivity index (χ3v) is 2.92. The number of rotatable bonds is 1. The SMILES string of the molecule is Cc1cccc(S(N)(=O)=O)c1C. The lowest BCUT2D eigenvalue weighted by Crippen LogP contribution is -2.13. The van der Waals surface area contributed by atoms with Crippen LogP contribution in [-0.4, -0.2) is 8.42 Å². The van der Waals surface area contributed by atoms with Crippen molar-refractivity contribution >= 4 is 10.0 Å². The fourth-order valence-corrected chi connectivity index (χ4v) is 1.89. The zero-order valence-electron chi connectivity index (χ0n) is 7.03. The molecule has 0 saturated carbocycles. The van der Waals surface area contributed by atoms with Crippen molar-refractivity contribution in [2.24, 2.45) is 5.14 Å². The van der Waals surface area contributed by atoms with E-state index in [1.165, 1.54) is 6.07 Å². The Labute approximate surface area is 72.3 Å². The highest BCUT2D eigenvalue weighted by atomic mass is 32.2. The van der Waals surface area contributed by atoms with Crippen molar-refractivity contribution in [3.8, 4) is 0 Å². The second kappa shape index (κ2) is 2.88. The molecule has 2 N–H and O–H groups in total. The summed E-state index contributed by atoms with van der Waals surface area (Å²) in [6.07, 6.45) is 0. The number of sulfonamides is 1. The fourth-order valence-electron chi connectivity index (χ4n) is 1.03. The van der Waals surface area contributed by atoms with E-state index >= 15 is 0 Å². The Morgan fingerprint density at radius 3 is 2.25 bits per heavy atom. The van der Waals surface area contributed by atoms with E-state index < -0.39 is 10.0 Å². The van der Waals surface area contributed by atoms with Crippen LogP contribution in [0.3, 0.4) is 0 Å². The van der Waals surface area contributed by atoms with Crippen LogP contribution in [-0.2, 0) is 10.0 Å². The van der Waals surface area contributed by atoms with E-state index in [4.69, 9.17) is 5.14 Å². The van der Waals surface area contributed by atoms with E-state index in [9.17, 15) is 8.42 Å². The molecule has 3 nitrogen and oxygen atoms in total. The van der Waals surface area contributed by atoms with Gasteiger partial charge < -0.3 is 0 Å². The molecule has 0 aliphatic heterocycles. The lowest BCUT2D eigenvalue weighted by molar-refractivity contribution is 0.597. The van der Waals surface area contributed by atoms with E-state index in [-0.39, 0.29) is 4.90 Å². The Kier molecular flexibility index (Phi) is 2.21. The Morgan fingerprint density at radius 1 is 1.25 bits per heavy atom. The van der Waals surface area contributed by atoms with Crippen molar-refractivity contribution in [3.63, 3.8) is 0 Å². The second-order valence-corrected chi connectivity index (χ2v) is 4.27. The molecule has 0 fully saturated rings. The van der Waals surface area contributed by atoms with Gasteiger partial charge in [0.2, 0.25) is 10.0 Å². The number of nitrogens with two attached hydrogens (primary N) is 1. The summed E-state index contributed by atoms with van der Waals surface area (Å²) in [5.74, 6) is 0. The van der Waals surface area contributed by atoms with E-state index in [0.29, 0.717) is 0 Å². The average Bonchev–Trinajstić information content (AvgIpc) is 1.92. The second-order valence-electron chi connectivity index (χ2n) is 2.74. The first-order valence-corrected chi connectivity index (χ1v) is 5.06. The van der Waals surface area contributed by atoms with Crippen LogP contribution in [0.25, 0.3) is 0 Å². The van der Waals surface area contributed by atoms with Crippen molar-refractivity contribution in [2.75, 3.05) is 0 Å². The van der Waals surface area contributed by atoms with Crippen LogP contribution in [0.1, 0.15) is 11.1 Å². The van der Waals surface area contributed by atoms with Crippen LogP contribution in [0.2, 0.25) is 0 Å². The summed E-state index contributed by atoms with van der Waals surface area (Å²) in [5.41, 5.74) is 1.65. The summed E-state index contributed by atoms with van der Waals surface area (Å²) >= 11 is 0. The molecule has 0 aromatic heterocycles. The predicted octanol–water partition coefficient (Wildman–Crippen LogP) is 0.951. The maximum Gasteiger partial charge on any atom is 0.238 e. The number of hydrogen-bond donors (Lipinski definition) is 1. The van der Waals surface area contributed by atoms with Gasteiger partial charge in [0.05, 0.1) is 4.90 Å². The molecule has 4 heteroatoms. The molecule has 0 atom stereocenters. The van der Waals surface area contributed by atoms with Gasteiger partial charge in [-0.25, -0.2) is 13.6 Å². The van der Waals surface area contributed by atoms with Gasteiger partial charge >= 0.3 is 0 Å². The number of benzene rings is 1. The van der Waals surface area contributed by atoms with Gasteiger partial charge in [-0.15, -0.1) is 0 Å². The largest absolute Gasteiger partial charge is 0.238 e. The Hall–Kier alpha value is -0.870. The van der Waals surface area contributed by atoms with Crippen molar-refractivity contribution in [1.82, 2.24) is 0 Å². The van der Waals surface area contributed by atoms with E-state index in [0.717, 1.165) is 11.1 Å². The minimum atomic E-state index is -3.56. The minimum absolute atomic E-state index is 0.211. The molecular weight excluding hydrogens is 174 g/mol. The summed E-state index contributed by atoms with van der Waals surface area (Å²) in [6.45, 7) is 3.60. The molecule has 1 aromatic rings. The van der Waals surface area contributed by atoms with Crippen LogP contribution < -0.4 is 5.14 Å². The van der Waals surface area contributed by atoms with Crippen LogP contribution in [0.4, 0.5) is 0 Å². The summed E-state index contributed by atoms with van der Waals surface area (Å²) < 4.78 is 22.0. The Balaban J connectivity index is 3.47. The highest BCUT2D eigenvalue weighted by molar-refractivity contribution is 7.89. The summed E-state index contributed by atoms with van der Waals surface area (Å²) in [6, 6.07) is 5.05. The van der Waals surface area contributed by atoms with Crippen LogP contribution in [0, 0.1) is 13.8 Å². The van der Waals surface area contributed by atoms with Crippen LogP contribution in [0.15, 0.2) is 23.1 Å². The Morgan fingerprint density at radius 2 is 1.83 bits per heavy atom. The summed E-state index contributed by atoms with van der Waals surface area (Å²) in [7, 11) is -3.56.